The lowest BCUT2D eigenvalue weighted by atomic mass is 9.85. The molecule has 0 radical (unpaired) electrons. The highest BCUT2D eigenvalue weighted by Gasteiger charge is 2.29. The van der Waals surface area contributed by atoms with Gasteiger partial charge in [0, 0.05) is 37.2 Å². The van der Waals surface area contributed by atoms with Crippen molar-refractivity contribution in [3.63, 3.8) is 0 Å². The molecule has 7 nitrogen and oxygen atoms in total. The maximum atomic E-state index is 12.7. The average Bonchev–Trinajstić information content (AvgIpc) is 3.29. The Kier molecular flexibility index (Phi) is 5.99. The first kappa shape index (κ1) is 21.0. The second kappa shape index (κ2) is 8.85. The Morgan fingerprint density at radius 3 is 2.10 bits per heavy atom. The summed E-state index contributed by atoms with van der Waals surface area (Å²) in [4.78, 5) is 28.8. The number of hydrogen-bond acceptors (Lipinski definition) is 5. The molecule has 0 unspecified atom stereocenters. The van der Waals surface area contributed by atoms with E-state index >= 15 is 0 Å². The van der Waals surface area contributed by atoms with Crippen LogP contribution in [0.4, 0.5) is 9.93 Å². The molecule has 1 aromatic heterocycles. The first-order chi connectivity index (χ1) is 14.9. The number of carbonyl (C=O) groups excluding carboxylic acids is 2. The number of carbonyl (C=O) groups is 2. The lowest BCUT2D eigenvalue weighted by Gasteiger charge is -2.34. The minimum absolute atomic E-state index is 0.00225. The monoisotopic (exact) mass is 435 g/mol. The Bertz CT molecular complexity index is 1040. The van der Waals surface area contributed by atoms with Crippen LogP contribution in [0.1, 0.15) is 34.8 Å². The highest BCUT2D eigenvalue weighted by molar-refractivity contribution is 7.15. The molecule has 4 rings (SSSR count). The van der Waals surface area contributed by atoms with E-state index in [2.05, 4.69) is 41.5 Å². The molecule has 31 heavy (non-hydrogen) atoms. The van der Waals surface area contributed by atoms with Gasteiger partial charge in [0.2, 0.25) is 5.13 Å². The van der Waals surface area contributed by atoms with Gasteiger partial charge in [0.25, 0.3) is 5.91 Å². The zero-order valence-corrected chi connectivity index (χ0v) is 18.4. The van der Waals surface area contributed by atoms with E-state index < -0.39 is 0 Å². The minimum atomic E-state index is -0.300. The van der Waals surface area contributed by atoms with Crippen LogP contribution in [-0.4, -0.2) is 58.1 Å². The summed E-state index contributed by atoms with van der Waals surface area (Å²) in [6, 6.07) is 19.1. The summed E-state index contributed by atoms with van der Waals surface area (Å²) < 4.78 is 0. The first-order valence-corrected chi connectivity index (χ1v) is 11.1. The van der Waals surface area contributed by atoms with Crippen molar-refractivity contribution in [3.8, 4) is 0 Å². The predicted octanol–water partition coefficient (Wildman–Crippen LogP) is 3.85. The molecule has 1 aliphatic rings. The van der Waals surface area contributed by atoms with Gasteiger partial charge in [-0.3, -0.25) is 10.1 Å². The van der Waals surface area contributed by atoms with Crippen LogP contribution in [0, 0.1) is 0 Å². The molecule has 2 heterocycles. The molecule has 2 aromatic carbocycles. The quantitative estimate of drug-likeness (QED) is 0.675. The van der Waals surface area contributed by atoms with E-state index in [1.807, 2.05) is 48.5 Å². The van der Waals surface area contributed by atoms with E-state index in [-0.39, 0.29) is 17.4 Å². The molecular formula is C23H25N5O2S. The number of anilines is 1. The number of amides is 3. The van der Waals surface area contributed by atoms with Gasteiger partial charge in [0.1, 0.15) is 5.01 Å². The van der Waals surface area contributed by atoms with E-state index in [0.717, 1.165) is 10.6 Å². The molecule has 0 bridgehead atoms. The summed E-state index contributed by atoms with van der Waals surface area (Å²) in [5.41, 5.74) is 1.51. The molecule has 3 amide bonds. The normalized spacial score (nSPS) is 14.4. The van der Waals surface area contributed by atoms with Crippen molar-refractivity contribution in [1.29, 1.82) is 0 Å². The first-order valence-electron chi connectivity index (χ1n) is 10.2. The Morgan fingerprint density at radius 1 is 0.871 bits per heavy atom. The molecule has 0 spiro atoms. The van der Waals surface area contributed by atoms with E-state index in [1.165, 1.54) is 11.3 Å². The summed E-state index contributed by atoms with van der Waals surface area (Å²) >= 11 is 1.38. The maximum Gasteiger partial charge on any atom is 0.323 e. The van der Waals surface area contributed by atoms with Crippen molar-refractivity contribution in [2.75, 3.05) is 31.5 Å². The van der Waals surface area contributed by atoms with E-state index in [0.29, 0.717) is 36.9 Å². The van der Waals surface area contributed by atoms with Crippen LogP contribution >= 0.6 is 11.3 Å². The SMILES string of the molecule is CC(C)(c1ccccc1)c1nnc(NC(=O)N2CCN(C(=O)c3ccccc3)CC2)s1. The molecule has 1 aliphatic heterocycles. The summed E-state index contributed by atoms with van der Waals surface area (Å²) in [5, 5.41) is 12.7. The Balaban J connectivity index is 1.34. The third kappa shape index (κ3) is 4.59. The van der Waals surface area contributed by atoms with Gasteiger partial charge < -0.3 is 9.80 Å². The Morgan fingerprint density at radius 2 is 1.45 bits per heavy atom. The topological polar surface area (TPSA) is 78.4 Å². The van der Waals surface area contributed by atoms with E-state index in [9.17, 15) is 9.59 Å². The number of nitrogens with one attached hydrogen (secondary N) is 1. The molecule has 0 atom stereocenters. The third-order valence-corrected chi connectivity index (χ3v) is 6.71. The van der Waals surface area contributed by atoms with Gasteiger partial charge in [-0.2, -0.15) is 0 Å². The highest BCUT2D eigenvalue weighted by atomic mass is 32.1. The van der Waals surface area contributed by atoms with Crippen LogP contribution in [-0.2, 0) is 5.41 Å². The number of rotatable bonds is 4. The van der Waals surface area contributed by atoms with Crippen molar-refractivity contribution >= 4 is 28.4 Å². The van der Waals surface area contributed by atoms with Gasteiger partial charge in [0.05, 0.1) is 0 Å². The lowest BCUT2D eigenvalue weighted by molar-refractivity contribution is 0.0671. The molecule has 3 aromatic rings. The smallest absolute Gasteiger partial charge is 0.323 e. The fraction of sp³-hybridized carbons (Fsp3) is 0.304. The molecule has 0 saturated carbocycles. The fourth-order valence-electron chi connectivity index (χ4n) is 3.55. The van der Waals surface area contributed by atoms with Crippen molar-refractivity contribution in [3.05, 3.63) is 76.8 Å². The van der Waals surface area contributed by atoms with Crippen molar-refractivity contribution in [2.45, 2.75) is 19.3 Å². The van der Waals surface area contributed by atoms with E-state index in [4.69, 9.17) is 0 Å². The van der Waals surface area contributed by atoms with Gasteiger partial charge >= 0.3 is 6.03 Å². The fourth-order valence-corrected chi connectivity index (χ4v) is 4.41. The summed E-state index contributed by atoms with van der Waals surface area (Å²) in [5.74, 6) is -0.00225. The predicted molar refractivity (Wildman–Crippen MR) is 121 cm³/mol. The summed E-state index contributed by atoms with van der Waals surface area (Å²) in [7, 11) is 0. The van der Waals surface area contributed by atoms with Gasteiger partial charge in [-0.25, -0.2) is 4.79 Å². The average molecular weight is 436 g/mol. The molecular weight excluding hydrogens is 410 g/mol. The van der Waals surface area contributed by atoms with Crippen LogP contribution in [0.25, 0.3) is 0 Å². The number of hydrogen-bond donors (Lipinski definition) is 1. The number of nitrogens with zero attached hydrogens (tertiary/aromatic N) is 4. The summed E-state index contributed by atoms with van der Waals surface area (Å²) in [6.45, 7) is 6.15. The van der Waals surface area contributed by atoms with Gasteiger partial charge in [-0.05, 0) is 31.5 Å². The van der Waals surface area contributed by atoms with Crippen LogP contribution in [0.2, 0.25) is 0 Å². The van der Waals surface area contributed by atoms with Gasteiger partial charge in [0.15, 0.2) is 0 Å². The largest absolute Gasteiger partial charge is 0.335 e. The molecule has 1 saturated heterocycles. The van der Waals surface area contributed by atoms with Crippen molar-refractivity contribution in [2.24, 2.45) is 0 Å². The molecule has 160 valence electrons. The van der Waals surface area contributed by atoms with Crippen molar-refractivity contribution < 1.29 is 9.59 Å². The summed E-state index contributed by atoms with van der Waals surface area (Å²) in [6.07, 6.45) is 0. The zero-order chi connectivity index (χ0) is 21.8. The van der Waals surface area contributed by atoms with Crippen LogP contribution in [0.5, 0.6) is 0 Å². The van der Waals surface area contributed by atoms with Gasteiger partial charge in [-0.1, -0.05) is 59.9 Å². The standard InChI is InChI=1S/C23H25N5O2S/c1-23(2,18-11-7-4-8-12-18)20-25-26-21(31-20)24-22(30)28-15-13-27(14-16-28)19(29)17-9-5-3-6-10-17/h3-12H,13-16H2,1-2H3,(H,24,26,30). The Labute approximate surface area is 185 Å². The third-order valence-electron chi connectivity index (χ3n) is 5.54. The second-order valence-corrected chi connectivity index (χ2v) is 8.96. The molecule has 1 fully saturated rings. The number of piperazine rings is 1. The van der Waals surface area contributed by atoms with Crippen molar-refractivity contribution in [1.82, 2.24) is 20.0 Å². The molecule has 8 heteroatoms. The maximum absolute atomic E-state index is 12.7. The lowest BCUT2D eigenvalue weighted by Crippen LogP contribution is -2.51. The number of aromatic nitrogens is 2. The number of benzene rings is 2. The second-order valence-electron chi connectivity index (χ2n) is 7.98. The van der Waals surface area contributed by atoms with Gasteiger partial charge in [-0.15, -0.1) is 10.2 Å². The van der Waals surface area contributed by atoms with Crippen LogP contribution in [0.3, 0.4) is 0 Å². The Hall–Kier alpha value is -3.26. The van der Waals surface area contributed by atoms with E-state index in [1.54, 1.807) is 9.80 Å². The van der Waals surface area contributed by atoms with Crippen LogP contribution < -0.4 is 5.32 Å². The minimum Gasteiger partial charge on any atom is -0.335 e. The zero-order valence-electron chi connectivity index (χ0n) is 17.6. The number of urea groups is 1. The van der Waals surface area contributed by atoms with Crippen LogP contribution in [0.15, 0.2) is 60.7 Å². The highest BCUT2D eigenvalue weighted by Crippen LogP contribution is 2.34. The molecule has 1 N–H and O–H groups in total. The molecule has 0 aliphatic carbocycles.